The third-order valence-corrected chi connectivity index (χ3v) is 13.7. The first kappa shape index (κ1) is 36.9. The molecule has 0 saturated carbocycles. The fourth-order valence-corrected chi connectivity index (χ4v) is 11.0. The van der Waals surface area contributed by atoms with E-state index in [1.165, 1.54) is 54.6 Å². The SMILES string of the molecule is C1=C(c2nc(-c3ccccc3)nc(-c3ccccc3)n2)C/C(=C/c2cccc3c2-c2ccccc2C3(c2ccccc2)c2ccccc2)C=C1c1ccnc2c1sc1ccccc12. The fourth-order valence-electron chi connectivity index (χ4n) is 9.77. The minimum Gasteiger partial charge on any atom is -0.255 e. The van der Waals surface area contributed by atoms with E-state index in [1.807, 2.05) is 42.6 Å². The molecule has 0 unspecified atom stereocenters. The summed E-state index contributed by atoms with van der Waals surface area (Å²) in [6.07, 6.45) is 9.62. The van der Waals surface area contributed by atoms with Crippen LogP contribution in [-0.4, -0.2) is 19.9 Å². The van der Waals surface area contributed by atoms with Crippen molar-refractivity contribution in [1.29, 1.82) is 0 Å². The highest BCUT2D eigenvalue weighted by atomic mass is 32.1. The number of thiophene rings is 1. The Kier molecular flexibility index (Phi) is 8.94. The van der Waals surface area contributed by atoms with E-state index in [-0.39, 0.29) is 0 Å². The molecule has 296 valence electrons. The van der Waals surface area contributed by atoms with Gasteiger partial charge in [0, 0.05) is 45.0 Å². The lowest BCUT2D eigenvalue weighted by Gasteiger charge is -2.33. The second-order valence-corrected chi connectivity index (χ2v) is 17.2. The molecular formula is C58H38N4S. The van der Waals surface area contributed by atoms with Crippen molar-refractivity contribution < 1.29 is 0 Å². The number of benzene rings is 7. The number of fused-ring (bicyclic) bond motifs is 6. The molecule has 0 spiro atoms. The van der Waals surface area contributed by atoms with Crippen molar-refractivity contribution in [2.45, 2.75) is 11.8 Å². The highest BCUT2D eigenvalue weighted by Crippen LogP contribution is 2.57. The molecule has 2 aliphatic carbocycles. The quantitative estimate of drug-likeness (QED) is 0.161. The number of hydrogen-bond acceptors (Lipinski definition) is 5. The summed E-state index contributed by atoms with van der Waals surface area (Å²) in [7, 11) is 0. The van der Waals surface area contributed by atoms with E-state index in [0.29, 0.717) is 23.9 Å². The van der Waals surface area contributed by atoms with Crippen LogP contribution in [-0.2, 0) is 5.41 Å². The molecule has 4 nitrogen and oxygen atoms in total. The maximum atomic E-state index is 5.24. The van der Waals surface area contributed by atoms with Gasteiger partial charge in [-0.3, -0.25) is 4.98 Å². The highest BCUT2D eigenvalue weighted by molar-refractivity contribution is 7.26. The summed E-state index contributed by atoms with van der Waals surface area (Å²) < 4.78 is 2.39. The van der Waals surface area contributed by atoms with Crippen molar-refractivity contribution in [2.24, 2.45) is 0 Å². The molecule has 0 bridgehead atoms. The molecule has 0 saturated heterocycles. The van der Waals surface area contributed by atoms with Gasteiger partial charge in [0.2, 0.25) is 0 Å². The van der Waals surface area contributed by atoms with Gasteiger partial charge in [0.1, 0.15) is 0 Å². The minimum absolute atomic E-state index is 0.488. The molecule has 10 aromatic rings. The Morgan fingerprint density at radius 2 is 1.08 bits per heavy atom. The molecule has 7 aromatic carbocycles. The molecule has 0 N–H and O–H groups in total. The summed E-state index contributed by atoms with van der Waals surface area (Å²) in [5.41, 5.74) is 15.6. The first-order chi connectivity index (χ1) is 31.2. The average molecular weight is 823 g/mol. The summed E-state index contributed by atoms with van der Waals surface area (Å²) in [6.45, 7) is 0. The number of rotatable bonds is 7. The fraction of sp³-hybridized carbons (Fsp3) is 0.0345. The molecule has 12 rings (SSSR count). The van der Waals surface area contributed by atoms with Crippen LogP contribution < -0.4 is 0 Å². The second-order valence-electron chi connectivity index (χ2n) is 16.1. The van der Waals surface area contributed by atoms with Gasteiger partial charge >= 0.3 is 0 Å². The summed E-state index contributed by atoms with van der Waals surface area (Å²) in [5.74, 6) is 1.96. The molecule has 0 atom stereocenters. The second kappa shape index (κ2) is 15.2. The Bertz CT molecular complexity index is 3360. The van der Waals surface area contributed by atoms with E-state index in [0.717, 1.165) is 38.1 Å². The average Bonchev–Trinajstić information content (AvgIpc) is 3.90. The first-order valence-corrected chi connectivity index (χ1v) is 22.2. The smallest absolute Gasteiger partial charge is 0.164 e. The van der Waals surface area contributed by atoms with Gasteiger partial charge in [0.25, 0.3) is 0 Å². The van der Waals surface area contributed by atoms with E-state index in [1.54, 1.807) is 11.3 Å². The summed E-state index contributed by atoms with van der Waals surface area (Å²) in [6, 6.07) is 68.9. The van der Waals surface area contributed by atoms with Crippen molar-refractivity contribution in [3.63, 3.8) is 0 Å². The number of nitrogens with zero attached hydrogens (tertiary/aromatic N) is 4. The Hall–Kier alpha value is -7.86. The van der Waals surface area contributed by atoms with Gasteiger partial charge in [-0.05, 0) is 68.3 Å². The number of pyridine rings is 1. The standard InChI is InChI=1S/C58H38N4S/c1-5-18-39(19-6-1)55-60-56(40-20-7-2-8-21-40)62-57(61-55)43-36-38(35-42(37-43)46-32-33-59-53-48-28-14-16-31-51(48)63-54(46)53)34-41-22-17-30-50-52(41)47-27-13-15-29-49(47)58(50,44-23-9-3-10-24-44)45-25-11-4-12-26-45/h1-35,37H,36H2/b38-34+. The minimum atomic E-state index is -0.488. The van der Waals surface area contributed by atoms with Crippen LogP contribution in [0.2, 0.25) is 0 Å². The van der Waals surface area contributed by atoms with Crippen LogP contribution in [0, 0.1) is 0 Å². The lowest BCUT2D eigenvalue weighted by molar-refractivity contribution is 0.768. The Morgan fingerprint density at radius 1 is 0.492 bits per heavy atom. The Morgan fingerprint density at radius 3 is 1.78 bits per heavy atom. The summed E-state index contributed by atoms with van der Waals surface area (Å²) >= 11 is 1.79. The van der Waals surface area contributed by atoms with E-state index in [9.17, 15) is 0 Å². The molecular weight excluding hydrogens is 785 g/mol. The van der Waals surface area contributed by atoms with Crippen molar-refractivity contribution in [1.82, 2.24) is 19.9 Å². The van der Waals surface area contributed by atoms with Crippen molar-refractivity contribution in [3.8, 4) is 33.9 Å². The lowest BCUT2D eigenvalue weighted by atomic mass is 9.67. The summed E-state index contributed by atoms with van der Waals surface area (Å²) in [4.78, 5) is 20.4. The largest absolute Gasteiger partial charge is 0.255 e. The Labute approximate surface area is 370 Å². The molecule has 2 aliphatic rings. The summed E-state index contributed by atoms with van der Waals surface area (Å²) in [5, 5.41) is 1.17. The van der Waals surface area contributed by atoms with Gasteiger partial charge in [-0.15, -0.1) is 11.3 Å². The van der Waals surface area contributed by atoms with Crippen LogP contribution in [0.3, 0.4) is 0 Å². The number of allylic oxidation sites excluding steroid dienone is 5. The molecule has 0 aliphatic heterocycles. The van der Waals surface area contributed by atoms with E-state index in [2.05, 4.69) is 176 Å². The topological polar surface area (TPSA) is 51.6 Å². The number of aromatic nitrogens is 4. The highest BCUT2D eigenvalue weighted by Gasteiger charge is 2.46. The van der Waals surface area contributed by atoms with Crippen molar-refractivity contribution in [3.05, 3.63) is 257 Å². The molecule has 63 heavy (non-hydrogen) atoms. The zero-order valence-corrected chi connectivity index (χ0v) is 35.0. The first-order valence-electron chi connectivity index (χ1n) is 21.3. The van der Waals surface area contributed by atoms with Gasteiger partial charge in [-0.2, -0.15) is 0 Å². The molecule has 3 heterocycles. The molecule has 0 amide bonds. The van der Waals surface area contributed by atoms with Crippen LogP contribution in [0.15, 0.2) is 218 Å². The maximum absolute atomic E-state index is 5.24. The molecule has 0 fully saturated rings. The third kappa shape index (κ3) is 6.19. The van der Waals surface area contributed by atoms with E-state index >= 15 is 0 Å². The van der Waals surface area contributed by atoms with Crippen molar-refractivity contribution >= 4 is 48.9 Å². The van der Waals surface area contributed by atoms with Gasteiger partial charge in [-0.1, -0.05) is 194 Å². The van der Waals surface area contributed by atoms with Gasteiger partial charge in [0.15, 0.2) is 17.5 Å². The van der Waals surface area contributed by atoms with Gasteiger partial charge < -0.3 is 0 Å². The van der Waals surface area contributed by atoms with Gasteiger partial charge in [0.05, 0.1) is 15.6 Å². The van der Waals surface area contributed by atoms with Crippen LogP contribution in [0.25, 0.3) is 71.4 Å². The predicted octanol–water partition coefficient (Wildman–Crippen LogP) is 14.3. The molecule has 0 radical (unpaired) electrons. The Balaban J connectivity index is 1.09. The monoisotopic (exact) mass is 822 g/mol. The van der Waals surface area contributed by atoms with Crippen molar-refractivity contribution in [2.75, 3.05) is 0 Å². The van der Waals surface area contributed by atoms with Crippen LogP contribution in [0.5, 0.6) is 0 Å². The van der Waals surface area contributed by atoms with Crippen LogP contribution >= 0.6 is 11.3 Å². The predicted molar refractivity (Wildman–Crippen MR) is 260 cm³/mol. The van der Waals surface area contributed by atoms with Crippen LogP contribution in [0.1, 0.15) is 45.6 Å². The molecule has 3 aromatic heterocycles. The normalized spacial score (nSPS) is 14.6. The van der Waals surface area contributed by atoms with E-state index < -0.39 is 5.41 Å². The third-order valence-electron chi connectivity index (χ3n) is 12.5. The zero-order chi connectivity index (χ0) is 41.7. The maximum Gasteiger partial charge on any atom is 0.164 e. The van der Waals surface area contributed by atoms with Gasteiger partial charge in [-0.25, -0.2) is 15.0 Å². The van der Waals surface area contributed by atoms with Crippen LogP contribution in [0.4, 0.5) is 0 Å². The zero-order valence-electron chi connectivity index (χ0n) is 34.2. The lowest BCUT2D eigenvalue weighted by Crippen LogP contribution is -2.28. The number of hydrogen-bond donors (Lipinski definition) is 0. The van der Waals surface area contributed by atoms with E-state index in [4.69, 9.17) is 19.9 Å². The molecule has 5 heteroatoms.